The molecule has 1 nitrogen and oxygen atoms in total. The molecular formula is C11H13N. The van der Waals surface area contributed by atoms with Crippen molar-refractivity contribution in [2.45, 2.75) is 25.3 Å². The molecule has 1 atom stereocenters. The zero-order valence-electron chi connectivity index (χ0n) is 7.09. The molecule has 2 aliphatic rings. The summed E-state index contributed by atoms with van der Waals surface area (Å²) in [6.07, 6.45) is 3.69. The SMILES string of the molecule is N[C@@H]1CC12Cc1ccccc1C2. The fourth-order valence-electron chi connectivity index (χ4n) is 2.51. The molecule has 0 bridgehead atoms. The lowest BCUT2D eigenvalue weighted by molar-refractivity contribution is 0.524. The predicted octanol–water partition coefficient (Wildman–Crippen LogP) is 1.50. The van der Waals surface area contributed by atoms with Crippen LogP contribution >= 0.6 is 0 Å². The number of hydrogen-bond donors (Lipinski definition) is 1. The first-order valence-electron chi connectivity index (χ1n) is 4.63. The topological polar surface area (TPSA) is 26.0 Å². The second kappa shape index (κ2) is 1.91. The Hall–Kier alpha value is -0.820. The van der Waals surface area contributed by atoms with Crippen LogP contribution in [0.1, 0.15) is 17.5 Å². The van der Waals surface area contributed by atoms with E-state index in [2.05, 4.69) is 24.3 Å². The van der Waals surface area contributed by atoms with E-state index in [1.165, 1.54) is 30.4 Å². The van der Waals surface area contributed by atoms with Crippen molar-refractivity contribution in [1.29, 1.82) is 0 Å². The molecule has 3 rings (SSSR count). The summed E-state index contributed by atoms with van der Waals surface area (Å²) in [4.78, 5) is 0. The van der Waals surface area contributed by atoms with Crippen LogP contribution in [0, 0.1) is 5.41 Å². The maximum atomic E-state index is 5.94. The Labute approximate surface area is 72.6 Å². The van der Waals surface area contributed by atoms with Crippen molar-refractivity contribution < 1.29 is 0 Å². The summed E-state index contributed by atoms with van der Waals surface area (Å²) in [6.45, 7) is 0. The Morgan fingerprint density at radius 1 is 1.17 bits per heavy atom. The van der Waals surface area contributed by atoms with Crippen LogP contribution in [0.4, 0.5) is 0 Å². The smallest absolute Gasteiger partial charge is 0.0109 e. The third kappa shape index (κ3) is 0.721. The summed E-state index contributed by atoms with van der Waals surface area (Å²) >= 11 is 0. The minimum absolute atomic E-state index is 0.477. The molecule has 1 heteroatoms. The van der Waals surface area contributed by atoms with Crippen LogP contribution in [0.25, 0.3) is 0 Å². The molecule has 0 saturated heterocycles. The Morgan fingerprint density at radius 3 is 2.08 bits per heavy atom. The molecule has 2 N–H and O–H groups in total. The first-order chi connectivity index (χ1) is 5.80. The molecule has 1 saturated carbocycles. The highest BCUT2D eigenvalue weighted by molar-refractivity contribution is 5.38. The van der Waals surface area contributed by atoms with Crippen LogP contribution in [0.15, 0.2) is 24.3 Å². The standard InChI is InChI=1S/C11H13N/c12-10-7-11(10)5-8-3-1-2-4-9(8)6-11/h1-4,10H,5-7,12H2/t10-/m1/s1. The van der Waals surface area contributed by atoms with E-state index in [0.29, 0.717) is 11.5 Å². The lowest BCUT2D eigenvalue weighted by Crippen LogP contribution is -2.13. The normalized spacial score (nSPS) is 28.9. The van der Waals surface area contributed by atoms with Gasteiger partial charge in [-0.25, -0.2) is 0 Å². The molecule has 2 aliphatic carbocycles. The van der Waals surface area contributed by atoms with Crippen LogP contribution in [0.2, 0.25) is 0 Å². The number of fused-ring (bicyclic) bond motifs is 1. The van der Waals surface area contributed by atoms with E-state index < -0.39 is 0 Å². The lowest BCUT2D eigenvalue weighted by atomic mass is 10.0. The second-order valence-corrected chi connectivity index (χ2v) is 4.30. The predicted molar refractivity (Wildman–Crippen MR) is 48.9 cm³/mol. The lowest BCUT2D eigenvalue weighted by Gasteiger charge is -2.02. The summed E-state index contributed by atoms with van der Waals surface area (Å²) < 4.78 is 0. The average Bonchev–Trinajstić information content (AvgIpc) is 2.57. The van der Waals surface area contributed by atoms with Gasteiger partial charge in [-0.2, -0.15) is 0 Å². The fraction of sp³-hybridized carbons (Fsp3) is 0.455. The van der Waals surface area contributed by atoms with Crippen LogP contribution < -0.4 is 5.73 Å². The van der Waals surface area contributed by atoms with E-state index in [4.69, 9.17) is 5.73 Å². The third-order valence-corrected chi connectivity index (χ3v) is 3.46. The van der Waals surface area contributed by atoms with Crippen molar-refractivity contribution in [2.75, 3.05) is 0 Å². The largest absolute Gasteiger partial charge is 0.327 e. The van der Waals surface area contributed by atoms with Crippen LogP contribution in [0.5, 0.6) is 0 Å². The van der Waals surface area contributed by atoms with Gasteiger partial charge < -0.3 is 5.73 Å². The molecule has 1 aromatic rings. The number of rotatable bonds is 0. The Morgan fingerprint density at radius 2 is 1.67 bits per heavy atom. The van der Waals surface area contributed by atoms with Crippen molar-refractivity contribution in [2.24, 2.45) is 11.1 Å². The van der Waals surface area contributed by atoms with E-state index in [9.17, 15) is 0 Å². The average molecular weight is 159 g/mol. The Kier molecular flexibility index (Phi) is 1.06. The maximum Gasteiger partial charge on any atom is 0.0109 e. The monoisotopic (exact) mass is 159 g/mol. The van der Waals surface area contributed by atoms with Crippen LogP contribution in [0.3, 0.4) is 0 Å². The fourth-order valence-corrected chi connectivity index (χ4v) is 2.51. The molecule has 0 aromatic heterocycles. The first-order valence-corrected chi connectivity index (χ1v) is 4.63. The van der Waals surface area contributed by atoms with E-state index in [-0.39, 0.29) is 0 Å². The second-order valence-electron chi connectivity index (χ2n) is 4.30. The van der Waals surface area contributed by atoms with Crippen molar-refractivity contribution in [3.05, 3.63) is 35.4 Å². The summed E-state index contributed by atoms with van der Waals surface area (Å²) in [6, 6.07) is 9.23. The Bertz CT molecular complexity index is 305. The van der Waals surface area contributed by atoms with Gasteiger partial charge in [0.2, 0.25) is 0 Å². The molecule has 0 unspecified atom stereocenters. The first kappa shape index (κ1) is 6.67. The zero-order valence-corrected chi connectivity index (χ0v) is 7.09. The summed E-state index contributed by atoms with van der Waals surface area (Å²) in [7, 11) is 0. The van der Waals surface area contributed by atoms with Gasteiger partial charge in [-0.1, -0.05) is 24.3 Å². The van der Waals surface area contributed by atoms with Gasteiger partial charge in [0.25, 0.3) is 0 Å². The highest BCUT2D eigenvalue weighted by atomic mass is 14.8. The minimum atomic E-state index is 0.477. The number of nitrogens with two attached hydrogens (primary N) is 1. The summed E-state index contributed by atoms with van der Waals surface area (Å²) in [5, 5.41) is 0. The van der Waals surface area contributed by atoms with Gasteiger partial charge >= 0.3 is 0 Å². The molecule has 0 radical (unpaired) electrons. The van der Waals surface area contributed by atoms with E-state index in [1.807, 2.05) is 0 Å². The molecule has 1 aromatic carbocycles. The Balaban J connectivity index is 2.01. The van der Waals surface area contributed by atoms with Gasteiger partial charge in [0.05, 0.1) is 0 Å². The van der Waals surface area contributed by atoms with Crippen molar-refractivity contribution in [3.8, 4) is 0 Å². The van der Waals surface area contributed by atoms with Gasteiger partial charge in [-0.05, 0) is 35.8 Å². The zero-order chi connectivity index (χ0) is 8.18. The number of hydrogen-bond acceptors (Lipinski definition) is 1. The highest BCUT2D eigenvalue weighted by Gasteiger charge is 2.54. The van der Waals surface area contributed by atoms with Gasteiger partial charge in [-0.3, -0.25) is 0 Å². The molecule has 62 valence electrons. The van der Waals surface area contributed by atoms with E-state index in [1.54, 1.807) is 0 Å². The van der Waals surface area contributed by atoms with Gasteiger partial charge in [-0.15, -0.1) is 0 Å². The third-order valence-electron chi connectivity index (χ3n) is 3.46. The minimum Gasteiger partial charge on any atom is -0.327 e. The molecule has 0 aliphatic heterocycles. The molecule has 0 heterocycles. The van der Waals surface area contributed by atoms with Crippen LogP contribution in [-0.4, -0.2) is 6.04 Å². The van der Waals surface area contributed by atoms with Crippen LogP contribution in [-0.2, 0) is 12.8 Å². The molecular weight excluding hydrogens is 146 g/mol. The van der Waals surface area contributed by atoms with Crippen molar-refractivity contribution >= 4 is 0 Å². The van der Waals surface area contributed by atoms with Gasteiger partial charge in [0, 0.05) is 6.04 Å². The molecule has 0 amide bonds. The van der Waals surface area contributed by atoms with Gasteiger partial charge in [0.15, 0.2) is 0 Å². The summed E-state index contributed by atoms with van der Waals surface area (Å²) in [5.74, 6) is 0. The summed E-state index contributed by atoms with van der Waals surface area (Å²) in [5.41, 5.74) is 9.50. The van der Waals surface area contributed by atoms with E-state index >= 15 is 0 Å². The van der Waals surface area contributed by atoms with Gasteiger partial charge in [0.1, 0.15) is 0 Å². The maximum absolute atomic E-state index is 5.94. The highest BCUT2D eigenvalue weighted by Crippen LogP contribution is 2.54. The van der Waals surface area contributed by atoms with E-state index in [0.717, 1.165) is 0 Å². The van der Waals surface area contributed by atoms with Crippen molar-refractivity contribution in [3.63, 3.8) is 0 Å². The molecule has 1 spiro atoms. The quantitative estimate of drug-likeness (QED) is 0.610. The molecule has 12 heavy (non-hydrogen) atoms. The molecule has 1 fully saturated rings. The van der Waals surface area contributed by atoms with Crippen molar-refractivity contribution in [1.82, 2.24) is 0 Å². The number of benzene rings is 1.